The summed E-state index contributed by atoms with van der Waals surface area (Å²) in [4.78, 5) is 24.6. The highest BCUT2D eigenvalue weighted by Crippen LogP contribution is 2.29. The van der Waals surface area contributed by atoms with Crippen molar-refractivity contribution in [3.05, 3.63) is 0 Å². The number of carbonyl (C=O) groups excluding carboxylic acids is 1. The van der Waals surface area contributed by atoms with Gasteiger partial charge in [-0.3, -0.25) is 0 Å². The number of carboxylic acids is 1. The third-order valence-electron chi connectivity index (χ3n) is 3.40. The van der Waals surface area contributed by atoms with Crippen molar-refractivity contribution in [1.82, 2.24) is 10.2 Å². The summed E-state index contributed by atoms with van der Waals surface area (Å²) >= 11 is 0. The zero-order valence-corrected chi connectivity index (χ0v) is 11.1. The first-order valence-electron chi connectivity index (χ1n) is 6.30. The predicted molar refractivity (Wildman–Crippen MR) is 66.5 cm³/mol. The third kappa shape index (κ3) is 3.35. The first-order chi connectivity index (χ1) is 8.52. The van der Waals surface area contributed by atoms with E-state index in [4.69, 9.17) is 4.74 Å². The van der Waals surface area contributed by atoms with E-state index in [-0.39, 0.29) is 6.03 Å². The summed E-state index contributed by atoms with van der Waals surface area (Å²) < 4.78 is 4.91. The second-order valence-corrected chi connectivity index (χ2v) is 4.77. The lowest BCUT2D eigenvalue weighted by Crippen LogP contribution is -2.54. The van der Waals surface area contributed by atoms with Gasteiger partial charge in [-0.15, -0.1) is 0 Å². The van der Waals surface area contributed by atoms with Crippen LogP contribution in [0.5, 0.6) is 0 Å². The number of amides is 2. The fourth-order valence-corrected chi connectivity index (χ4v) is 2.17. The van der Waals surface area contributed by atoms with Crippen LogP contribution in [0.1, 0.15) is 32.6 Å². The van der Waals surface area contributed by atoms with Crippen molar-refractivity contribution in [2.75, 3.05) is 26.8 Å². The van der Waals surface area contributed by atoms with Gasteiger partial charge in [0.05, 0.1) is 0 Å². The number of rotatable bonds is 6. The number of carbonyl (C=O) groups is 2. The van der Waals surface area contributed by atoms with E-state index in [2.05, 4.69) is 5.32 Å². The molecule has 18 heavy (non-hydrogen) atoms. The van der Waals surface area contributed by atoms with Crippen molar-refractivity contribution >= 4 is 12.0 Å². The fraction of sp³-hybridized carbons (Fsp3) is 0.833. The molecule has 1 aliphatic heterocycles. The first-order valence-corrected chi connectivity index (χ1v) is 6.30. The molecule has 0 spiro atoms. The van der Waals surface area contributed by atoms with Gasteiger partial charge in [0.25, 0.3) is 0 Å². The molecule has 1 atom stereocenters. The maximum Gasteiger partial charge on any atom is 0.329 e. The van der Waals surface area contributed by atoms with Gasteiger partial charge in [0.15, 0.2) is 0 Å². The first kappa shape index (κ1) is 14.8. The Morgan fingerprint density at radius 3 is 2.78 bits per heavy atom. The fourth-order valence-electron chi connectivity index (χ4n) is 2.17. The molecule has 0 aromatic carbocycles. The molecule has 0 radical (unpaired) electrons. The number of methoxy groups -OCH3 is 1. The van der Waals surface area contributed by atoms with E-state index < -0.39 is 11.5 Å². The summed E-state index contributed by atoms with van der Waals surface area (Å²) in [5.74, 6) is -0.936. The van der Waals surface area contributed by atoms with Gasteiger partial charge in [-0.25, -0.2) is 9.59 Å². The van der Waals surface area contributed by atoms with Crippen LogP contribution in [0.15, 0.2) is 0 Å². The number of aliphatic carboxylic acids is 1. The van der Waals surface area contributed by atoms with Gasteiger partial charge in [0, 0.05) is 26.8 Å². The number of ether oxygens (including phenoxy) is 1. The lowest BCUT2D eigenvalue weighted by atomic mass is 10.00. The predicted octanol–water partition coefficient (Wildman–Crippen LogP) is 1.06. The number of hydrogen-bond acceptors (Lipinski definition) is 3. The van der Waals surface area contributed by atoms with Crippen LogP contribution in [-0.4, -0.2) is 54.4 Å². The lowest BCUT2D eigenvalue weighted by Gasteiger charge is -2.31. The van der Waals surface area contributed by atoms with E-state index in [1.54, 1.807) is 14.0 Å². The third-order valence-corrected chi connectivity index (χ3v) is 3.40. The normalized spacial score (nSPS) is 23.1. The number of nitrogens with zero attached hydrogens (tertiary/aromatic N) is 1. The molecule has 1 saturated heterocycles. The number of likely N-dealkylation sites (tertiary alicyclic amines) is 1. The van der Waals surface area contributed by atoms with Crippen molar-refractivity contribution in [3.63, 3.8) is 0 Å². The van der Waals surface area contributed by atoms with Crippen LogP contribution in [0.25, 0.3) is 0 Å². The molecule has 0 saturated carbocycles. The Hall–Kier alpha value is -1.30. The van der Waals surface area contributed by atoms with Crippen LogP contribution >= 0.6 is 0 Å². The maximum absolute atomic E-state index is 11.9. The number of nitrogens with one attached hydrogen (secondary N) is 1. The molecule has 2 amide bonds. The molecule has 104 valence electrons. The van der Waals surface area contributed by atoms with E-state index >= 15 is 0 Å². The molecule has 6 nitrogen and oxygen atoms in total. The van der Waals surface area contributed by atoms with Gasteiger partial charge in [0.1, 0.15) is 5.54 Å². The molecule has 1 aliphatic rings. The zero-order valence-electron chi connectivity index (χ0n) is 11.1. The van der Waals surface area contributed by atoms with Crippen LogP contribution in [0, 0.1) is 0 Å². The highest BCUT2D eigenvalue weighted by molar-refractivity contribution is 5.86. The Labute approximate surface area is 107 Å². The Kier molecular flexibility index (Phi) is 5.40. The van der Waals surface area contributed by atoms with Crippen LogP contribution in [0.4, 0.5) is 4.79 Å². The molecule has 0 aromatic rings. The molecular weight excluding hydrogens is 236 g/mol. The summed E-state index contributed by atoms with van der Waals surface area (Å²) in [5, 5.41) is 12.0. The standard InChI is InChI=1S/C12H22N2O4/c1-12(10(15)16)6-5-8-14(12)11(17)13-7-3-4-9-18-2/h3-9H2,1-2H3,(H,13,17)(H,15,16). The van der Waals surface area contributed by atoms with Crippen molar-refractivity contribution in [3.8, 4) is 0 Å². The Morgan fingerprint density at radius 2 is 2.17 bits per heavy atom. The van der Waals surface area contributed by atoms with Gasteiger partial charge in [-0.1, -0.05) is 0 Å². The minimum Gasteiger partial charge on any atom is -0.480 e. The van der Waals surface area contributed by atoms with Crippen molar-refractivity contribution in [2.24, 2.45) is 0 Å². The Morgan fingerprint density at radius 1 is 1.44 bits per heavy atom. The summed E-state index contributed by atoms with van der Waals surface area (Å²) in [6.45, 7) is 3.33. The maximum atomic E-state index is 11.9. The summed E-state index contributed by atoms with van der Waals surface area (Å²) in [5.41, 5.74) is -1.06. The van der Waals surface area contributed by atoms with Gasteiger partial charge < -0.3 is 20.1 Å². The minimum absolute atomic E-state index is 0.283. The number of carboxylic acid groups (broad SMARTS) is 1. The van der Waals surface area contributed by atoms with Gasteiger partial charge in [0.2, 0.25) is 0 Å². The average molecular weight is 258 g/mol. The molecule has 1 rings (SSSR count). The van der Waals surface area contributed by atoms with E-state index in [0.717, 1.165) is 19.3 Å². The highest BCUT2D eigenvalue weighted by Gasteiger charge is 2.45. The summed E-state index contributed by atoms with van der Waals surface area (Å²) in [6.07, 6.45) is 2.96. The minimum atomic E-state index is -1.06. The SMILES string of the molecule is COCCCCNC(=O)N1CCCC1(C)C(=O)O. The summed E-state index contributed by atoms with van der Waals surface area (Å²) in [7, 11) is 1.64. The molecule has 0 aliphatic carbocycles. The number of urea groups is 1. The molecule has 6 heteroatoms. The van der Waals surface area contributed by atoms with E-state index in [1.807, 2.05) is 0 Å². The van der Waals surface area contributed by atoms with E-state index in [9.17, 15) is 14.7 Å². The van der Waals surface area contributed by atoms with Crippen LogP contribution in [0.2, 0.25) is 0 Å². The molecule has 2 N–H and O–H groups in total. The van der Waals surface area contributed by atoms with Crippen molar-refractivity contribution in [2.45, 2.75) is 38.1 Å². The van der Waals surface area contributed by atoms with Crippen LogP contribution < -0.4 is 5.32 Å². The van der Waals surface area contributed by atoms with E-state index in [1.165, 1.54) is 4.90 Å². The molecule has 0 aromatic heterocycles. The zero-order chi connectivity index (χ0) is 13.6. The molecule has 1 unspecified atom stereocenters. The van der Waals surface area contributed by atoms with Gasteiger partial charge in [-0.05, 0) is 32.6 Å². The van der Waals surface area contributed by atoms with Crippen molar-refractivity contribution < 1.29 is 19.4 Å². The van der Waals surface area contributed by atoms with E-state index in [0.29, 0.717) is 26.1 Å². The number of unbranched alkanes of at least 4 members (excludes halogenated alkanes) is 1. The molecular formula is C12H22N2O4. The summed E-state index contributed by atoms with van der Waals surface area (Å²) in [6, 6.07) is -0.283. The monoisotopic (exact) mass is 258 g/mol. The topological polar surface area (TPSA) is 78.9 Å². The second kappa shape index (κ2) is 6.58. The Balaban J connectivity index is 2.39. The van der Waals surface area contributed by atoms with Crippen molar-refractivity contribution in [1.29, 1.82) is 0 Å². The van der Waals surface area contributed by atoms with Gasteiger partial charge >= 0.3 is 12.0 Å². The average Bonchev–Trinajstić information content (AvgIpc) is 2.72. The smallest absolute Gasteiger partial charge is 0.329 e. The quantitative estimate of drug-likeness (QED) is 0.698. The molecule has 1 fully saturated rings. The highest BCUT2D eigenvalue weighted by atomic mass is 16.5. The van der Waals surface area contributed by atoms with Crippen LogP contribution in [-0.2, 0) is 9.53 Å². The largest absolute Gasteiger partial charge is 0.480 e. The lowest BCUT2D eigenvalue weighted by molar-refractivity contribution is -0.147. The second-order valence-electron chi connectivity index (χ2n) is 4.77. The van der Waals surface area contributed by atoms with Crippen LogP contribution in [0.3, 0.4) is 0 Å². The Bertz CT molecular complexity index is 308. The van der Waals surface area contributed by atoms with Gasteiger partial charge in [-0.2, -0.15) is 0 Å². The molecule has 1 heterocycles. The number of hydrogen-bond donors (Lipinski definition) is 2. The molecule has 0 bridgehead atoms.